The Labute approximate surface area is 133 Å². The maximum Gasteiger partial charge on any atom is 0.234 e. The normalized spacial score (nSPS) is 10.8. The van der Waals surface area contributed by atoms with Crippen molar-refractivity contribution in [2.75, 3.05) is 16.8 Å². The molecule has 23 heavy (non-hydrogen) atoms. The SMILES string of the molecule is Nc1nc(SCC(=O)Nc2ccc(O)cc2F)c2[nH]cnc2n1. The zero-order valence-electron chi connectivity index (χ0n) is 11.6. The number of halogens is 1. The maximum atomic E-state index is 13.6. The van der Waals surface area contributed by atoms with Crippen molar-refractivity contribution in [3.05, 3.63) is 30.3 Å². The lowest BCUT2D eigenvalue weighted by Crippen LogP contribution is -2.15. The van der Waals surface area contributed by atoms with Gasteiger partial charge < -0.3 is 21.1 Å². The number of nitrogens with zero attached hydrogens (tertiary/aromatic N) is 3. The van der Waals surface area contributed by atoms with Gasteiger partial charge in [-0.25, -0.2) is 14.4 Å². The molecule has 10 heteroatoms. The number of aromatic nitrogens is 4. The highest BCUT2D eigenvalue weighted by Crippen LogP contribution is 2.24. The van der Waals surface area contributed by atoms with Crippen molar-refractivity contribution in [1.29, 1.82) is 0 Å². The van der Waals surface area contributed by atoms with Crippen molar-refractivity contribution >= 4 is 40.5 Å². The Morgan fingerprint density at radius 2 is 2.26 bits per heavy atom. The number of imidazole rings is 1. The number of rotatable bonds is 4. The van der Waals surface area contributed by atoms with Crippen molar-refractivity contribution in [3.8, 4) is 5.75 Å². The van der Waals surface area contributed by atoms with Crippen LogP contribution in [0.2, 0.25) is 0 Å². The molecule has 0 aliphatic heterocycles. The number of carbonyl (C=O) groups excluding carboxylic acids is 1. The molecule has 118 valence electrons. The average molecular weight is 334 g/mol. The van der Waals surface area contributed by atoms with Gasteiger partial charge in [0, 0.05) is 6.07 Å². The summed E-state index contributed by atoms with van der Waals surface area (Å²) in [6.07, 6.45) is 1.45. The summed E-state index contributed by atoms with van der Waals surface area (Å²) in [5.41, 5.74) is 6.56. The molecule has 0 saturated heterocycles. The Balaban J connectivity index is 1.69. The molecule has 0 spiro atoms. The van der Waals surface area contributed by atoms with Gasteiger partial charge >= 0.3 is 0 Å². The van der Waals surface area contributed by atoms with Crippen LogP contribution in [-0.4, -0.2) is 36.7 Å². The third kappa shape index (κ3) is 3.31. The topological polar surface area (TPSA) is 130 Å². The second kappa shape index (κ2) is 6.08. The Kier molecular flexibility index (Phi) is 3.98. The van der Waals surface area contributed by atoms with Crippen LogP contribution in [0.1, 0.15) is 0 Å². The Morgan fingerprint density at radius 3 is 3.04 bits per heavy atom. The van der Waals surface area contributed by atoms with Gasteiger partial charge in [-0.2, -0.15) is 4.98 Å². The van der Waals surface area contributed by atoms with Crippen molar-refractivity contribution in [1.82, 2.24) is 19.9 Å². The van der Waals surface area contributed by atoms with Crippen LogP contribution < -0.4 is 11.1 Å². The van der Waals surface area contributed by atoms with E-state index in [1.54, 1.807) is 0 Å². The number of aromatic hydroxyl groups is 1. The Bertz CT molecular complexity index is 884. The molecular formula is C13H11FN6O2S. The first-order valence-corrected chi connectivity index (χ1v) is 7.39. The summed E-state index contributed by atoms with van der Waals surface area (Å²) in [4.78, 5) is 26.8. The molecule has 1 amide bonds. The number of thioether (sulfide) groups is 1. The second-order valence-electron chi connectivity index (χ2n) is 4.49. The smallest absolute Gasteiger partial charge is 0.234 e. The van der Waals surface area contributed by atoms with Crippen LogP contribution >= 0.6 is 11.8 Å². The Morgan fingerprint density at radius 1 is 1.43 bits per heavy atom. The molecule has 3 rings (SSSR count). The van der Waals surface area contributed by atoms with Gasteiger partial charge in [0.25, 0.3) is 0 Å². The molecule has 3 aromatic rings. The number of amides is 1. The summed E-state index contributed by atoms with van der Waals surface area (Å²) >= 11 is 1.12. The van der Waals surface area contributed by atoms with E-state index in [1.807, 2.05) is 0 Å². The summed E-state index contributed by atoms with van der Waals surface area (Å²) in [5.74, 6) is -1.31. The minimum atomic E-state index is -0.717. The first-order valence-electron chi connectivity index (χ1n) is 6.40. The summed E-state index contributed by atoms with van der Waals surface area (Å²) < 4.78 is 13.6. The fourth-order valence-corrected chi connectivity index (χ4v) is 2.65. The molecule has 1 aromatic carbocycles. The molecular weight excluding hydrogens is 323 g/mol. The number of fused-ring (bicyclic) bond motifs is 1. The zero-order chi connectivity index (χ0) is 16.4. The van der Waals surface area contributed by atoms with E-state index in [2.05, 4.69) is 25.3 Å². The van der Waals surface area contributed by atoms with Crippen molar-refractivity contribution < 1.29 is 14.3 Å². The third-order valence-electron chi connectivity index (χ3n) is 2.84. The van der Waals surface area contributed by atoms with E-state index in [1.165, 1.54) is 18.5 Å². The number of aromatic amines is 1. The van der Waals surface area contributed by atoms with Crippen LogP contribution in [-0.2, 0) is 4.79 Å². The average Bonchev–Trinajstić information content (AvgIpc) is 2.96. The summed E-state index contributed by atoms with van der Waals surface area (Å²) in [7, 11) is 0. The van der Waals surface area contributed by atoms with Gasteiger partial charge in [0.15, 0.2) is 5.65 Å². The van der Waals surface area contributed by atoms with Gasteiger partial charge in [0.05, 0.1) is 17.8 Å². The van der Waals surface area contributed by atoms with Crippen LogP contribution in [0.25, 0.3) is 11.2 Å². The number of benzene rings is 1. The Hall–Kier alpha value is -2.88. The number of hydrogen-bond acceptors (Lipinski definition) is 7. The maximum absolute atomic E-state index is 13.6. The largest absolute Gasteiger partial charge is 0.508 e. The number of nitrogens with two attached hydrogens (primary N) is 1. The summed E-state index contributed by atoms with van der Waals surface area (Å²) in [6, 6.07) is 3.48. The molecule has 0 fully saturated rings. The predicted octanol–water partition coefficient (Wildman–Crippen LogP) is 1.51. The number of nitrogens with one attached hydrogen (secondary N) is 2. The standard InChI is InChI=1S/C13H11FN6O2S/c14-7-3-6(21)1-2-8(7)18-9(22)4-23-12-10-11(17-5-16-10)19-13(15)20-12/h1-3,5,21H,4H2,(H,18,22)(H3,15,16,17,19,20). The number of hydrogen-bond donors (Lipinski definition) is 4. The fourth-order valence-electron chi connectivity index (χ4n) is 1.85. The number of phenols is 1. The number of nitrogen functional groups attached to an aromatic ring is 1. The second-order valence-corrected chi connectivity index (χ2v) is 5.45. The summed E-state index contributed by atoms with van der Waals surface area (Å²) in [5, 5.41) is 12.0. The van der Waals surface area contributed by atoms with Crippen molar-refractivity contribution in [3.63, 3.8) is 0 Å². The van der Waals surface area contributed by atoms with Crippen LogP contribution in [0.4, 0.5) is 16.0 Å². The zero-order valence-corrected chi connectivity index (χ0v) is 12.4. The quantitative estimate of drug-likeness (QED) is 0.323. The molecule has 0 atom stereocenters. The van der Waals surface area contributed by atoms with Gasteiger partial charge in [0.2, 0.25) is 11.9 Å². The number of phenolic OH excluding ortho intramolecular Hbond substituents is 1. The van der Waals surface area contributed by atoms with Gasteiger partial charge in [-0.05, 0) is 12.1 Å². The van der Waals surface area contributed by atoms with Crippen LogP contribution in [0.3, 0.4) is 0 Å². The predicted molar refractivity (Wildman–Crippen MR) is 83.5 cm³/mol. The molecule has 2 aromatic heterocycles. The van der Waals surface area contributed by atoms with Crippen LogP contribution in [0, 0.1) is 5.82 Å². The highest BCUT2D eigenvalue weighted by molar-refractivity contribution is 8.00. The highest BCUT2D eigenvalue weighted by Gasteiger charge is 2.13. The van der Waals surface area contributed by atoms with Gasteiger partial charge in [-0.3, -0.25) is 4.79 Å². The van der Waals surface area contributed by atoms with Gasteiger partial charge in [-0.15, -0.1) is 0 Å². The molecule has 0 aliphatic rings. The minimum Gasteiger partial charge on any atom is -0.508 e. The lowest BCUT2D eigenvalue weighted by Gasteiger charge is -2.07. The lowest BCUT2D eigenvalue weighted by atomic mass is 10.3. The van der Waals surface area contributed by atoms with Crippen LogP contribution in [0.15, 0.2) is 29.6 Å². The van der Waals surface area contributed by atoms with E-state index in [0.29, 0.717) is 16.2 Å². The third-order valence-corrected chi connectivity index (χ3v) is 3.81. The molecule has 2 heterocycles. The van der Waals surface area contributed by atoms with E-state index >= 15 is 0 Å². The molecule has 8 nitrogen and oxygen atoms in total. The van der Waals surface area contributed by atoms with E-state index in [9.17, 15) is 9.18 Å². The van der Waals surface area contributed by atoms with E-state index in [-0.39, 0.29) is 23.1 Å². The van der Waals surface area contributed by atoms with E-state index < -0.39 is 11.7 Å². The highest BCUT2D eigenvalue weighted by atomic mass is 32.2. The number of anilines is 2. The minimum absolute atomic E-state index is 0.00904. The molecule has 0 aliphatic carbocycles. The molecule has 0 unspecified atom stereocenters. The molecule has 0 bridgehead atoms. The molecule has 0 saturated carbocycles. The first-order chi connectivity index (χ1) is 11.0. The van der Waals surface area contributed by atoms with E-state index in [4.69, 9.17) is 10.8 Å². The van der Waals surface area contributed by atoms with Gasteiger partial charge in [0.1, 0.15) is 22.1 Å². The van der Waals surface area contributed by atoms with E-state index in [0.717, 1.165) is 17.8 Å². The van der Waals surface area contributed by atoms with Gasteiger partial charge in [-0.1, -0.05) is 11.8 Å². The van der Waals surface area contributed by atoms with Crippen molar-refractivity contribution in [2.45, 2.75) is 5.03 Å². The molecule has 0 radical (unpaired) electrons. The molecule has 5 N–H and O–H groups in total. The first kappa shape index (κ1) is 15.0. The monoisotopic (exact) mass is 334 g/mol. The number of H-pyrrole nitrogens is 1. The fraction of sp³-hybridized carbons (Fsp3) is 0.0769. The van der Waals surface area contributed by atoms with Crippen LogP contribution in [0.5, 0.6) is 5.75 Å². The summed E-state index contributed by atoms with van der Waals surface area (Å²) in [6.45, 7) is 0. The number of carbonyl (C=O) groups is 1. The van der Waals surface area contributed by atoms with Crippen molar-refractivity contribution in [2.24, 2.45) is 0 Å². The lowest BCUT2D eigenvalue weighted by molar-refractivity contribution is -0.113.